The van der Waals surface area contributed by atoms with Crippen LogP contribution in [0.3, 0.4) is 0 Å². The van der Waals surface area contributed by atoms with E-state index < -0.39 is 0 Å². The van der Waals surface area contributed by atoms with Crippen LogP contribution in [0.1, 0.15) is 27.8 Å². The number of aryl methyl sites for hydroxylation is 2. The molecule has 1 nitrogen and oxygen atoms in total. The minimum atomic E-state index is 0.757. The molecule has 0 radical (unpaired) electrons. The van der Waals surface area contributed by atoms with Gasteiger partial charge < -0.3 is 0 Å². The maximum atomic E-state index is 6.15. The van der Waals surface area contributed by atoms with E-state index >= 15 is 0 Å². The fraction of sp³-hybridized carbons (Fsp3) is 0.0952. The van der Waals surface area contributed by atoms with Gasteiger partial charge in [-0.05, 0) is 64.9 Å². The lowest BCUT2D eigenvalue weighted by molar-refractivity contribution is 0.960. The molecule has 1 aliphatic carbocycles. The summed E-state index contributed by atoms with van der Waals surface area (Å²) < 4.78 is 0. The first kappa shape index (κ1) is 14.2. The van der Waals surface area contributed by atoms with E-state index in [1.165, 1.54) is 27.8 Å². The molecule has 2 heteroatoms. The van der Waals surface area contributed by atoms with E-state index in [4.69, 9.17) is 11.6 Å². The number of pyridine rings is 1. The largest absolute Gasteiger partial charge is 0.264 e. The Morgan fingerprint density at radius 3 is 2.57 bits per heavy atom. The summed E-state index contributed by atoms with van der Waals surface area (Å²) in [7, 11) is 0. The van der Waals surface area contributed by atoms with Crippen LogP contribution in [0.4, 0.5) is 0 Å². The Morgan fingerprint density at radius 1 is 0.870 bits per heavy atom. The van der Waals surface area contributed by atoms with Gasteiger partial charge in [0, 0.05) is 23.0 Å². The Balaban J connectivity index is 1.97. The van der Waals surface area contributed by atoms with Gasteiger partial charge in [0.15, 0.2) is 0 Å². The van der Waals surface area contributed by atoms with Crippen molar-refractivity contribution >= 4 is 23.3 Å². The van der Waals surface area contributed by atoms with Crippen LogP contribution < -0.4 is 0 Å². The van der Waals surface area contributed by atoms with Crippen LogP contribution >= 0.6 is 11.6 Å². The van der Waals surface area contributed by atoms with Crippen LogP contribution in [0.15, 0.2) is 67.0 Å². The summed E-state index contributed by atoms with van der Waals surface area (Å²) in [6.45, 7) is 0. The molecule has 2 aromatic carbocycles. The molecule has 1 aromatic heterocycles. The predicted molar refractivity (Wildman–Crippen MR) is 96.5 cm³/mol. The predicted octanol–water partition coefficient (Wildman–Crippen LogP) is 5.42. The molecule has 1 heterocycles. The Labute approximate surface area is 141 Å². The molecule has 3 aromatic rings. The van der Waals surface area contributed by atoms with Crippen LogP contribution in [0.5, 0.6) is 0 Å². The molecule has 0 fully saturated rings. The van der Waals surface area contributed by atoms with Gasteiger partial charge in [-0.2, -0.15) is 0 Å². The van der Waals surface area contributed by atoms with Crippen molar-refractivity contribution in [3.8, 4) is 0 Å². The molecule has 0 saturated heterocycles. The molecule has 0 aliphatic heterocycles. The summed E-state index contributed by atoms with van der Waals surface area (Å²) in [5.41, 5.74) is 7.58. The third-order valence-corrected chi connectivity index (χ3v) is 4.57. The van der Waals surface area contributed by atoms with E-state index in [1.807, 2.05) is 30.6 Å². The minimum absolute atomic E-state index is 0.757. The molecular weight excluding hydrogens is 302 g/mol. The monoisotopic (exact) mass is 317 g/mol. The SMILES string of the molecule is Clc1cccc(/C=C2\c3ccccc3CCc3ccncc32)c1. The number of fused-ring (bicyclic) bond motifs is 2. The summed E-state index contributed by atoms with van der Waals surface area (Å²) in [5.74, 6) is 0. The van der Waals surface area contributed by atoms with Crippen molar-refractivity contribution in [2.24, 2.45) is 0 Å². The topological polar surface area (TPSA) is 12.9 Å². The lowest BCUT2D eigenvalue weighted by Gasteiger charge is -2.11. The number of aromatic nitrogens is 1. The number of hydrogen-bond donors (Lipinski definition) is 0. The molecule has 4 rings (SSSR count). The summed E-state index contributed by atoms with van der Waals surface area (Å²) >= 11 is 6.15. The fourth-order valence-corrected chi connectivity index (χ4v) is 3.42. The van der Waals surface area contributed by atoms with Gasteiger partial charge >= 0.3 is 0 Å². The first-order chi connectivity index (χ1) is 11.3. The Hall–Kier alpha value is -2.38. The molecule has 0 atom stereocenters. The van der Waals surface area contributed by atoms with E-state index in [1.54, 1.807) is 0 Å². The van der Waals surface area contributed by atoms with Gasteiger partial charge in [0.05, 0.1) is 0 Å². The van der Waals surface area contributed by atoms with E-state index in [0.29, 0.717) is 0 Å². The Morgan fingerprint density at radius 2 is 1.70 bits per heavy atom. The van der Waals surface area contributed by atoms with E-state index in [0.717, 1.165) is 23.4 Å². The van der Waals surface area contributed by atoms with Gasteiger partial charge in [-0.25, -0.2) is 0 Å². The molecule has 0 N–H and O–H groups in total. The average molecular weight is 318 g/mol. The highest BCUT2D eigenvalue weighted by atomic mass is 35.5. The first-order valence-electron chi connectivity index (χ1n) is 7.80. The van der Waals surface area contributed by atoms with Crippen molar-refractivity contribution in [3.63, 3.8) is 0 Å². The molecule has 0 spiro atoms. The van der Waals surface area contributed by atoms with Gasteiger partial charge in [0.25, 0.3) is 0 Å². The van der Waals surface area contributed by atoms with Crippen molar-refractivity contribution < 1.29 is 0 Å². The molecule has 112 valence electrons. The van der Waals surface area contributed by atoms with E-state index in [9.17, 15) is 0 Å². The molecule has 1 aliphatic rings. The molecule has 0 saturated carbocycles. The van der Waals surface area contributed by atoms with Crippen LogP contribution in [0, 0.1) is 0 Å². The average Bonchev–Trinajstić information content (AvgIpc) is 2.73. The molecular formula is C21H16ClN. The number of nitrogens with zero attached hydrogens (tertiary/aromatic N) is 1. The van der Waals surface area contributed by atoms with Crippen molar-refractivity contribution in [1.29, 1.82) is 0 Å². The summed E-state index contributed by atoms with van der Waals surface area (Å²) in [6.07, 6.45) is 8.18. The molecule has 23 heavy (non-hydrogen) atoms. The van der Waals surface area contributed by atoms with Crippen LogP contribution in [-0.4, -0.2) is 4.98 Å². The number of benzene rings is 2. The molecule has 0 amide bonds. The second-order valence-corrected chi connectivity index (χ2v) is 6.24. The molecule has 0 bridgehead atoms. The zero-order valence-electron chi connectivity index (χ0n) is 12.7. The third kappa shape index (κ3) is 2.80. The highest BCUT2D eigenvalue weighted by molar-refractivity contribution is 6.30. The smallest absolute Gasteiger partial charge is 0.0411 e. The highest BCUT2D eigenvalue weighted by Crippen LogP contribution is 2.34. The van der Waals surface area contributed by atoms with Crippen molar-refractivity contribution in [2.45, 2.75) is 12.8 Å². The van der Waals surface area contributed by atoms with Gasteiger partial charge in [0.2, 0.25) is 0 Å². The van der Waals surface area contributed by atoms with Crippen molar-refractivity contribution in [1.82, 2.24) is 4.98 Å². The lowest BCUT2D eigenvalue weighted by atomic mass is 9.93. The zero-order valence-corrected chi connectivity index (χ0v) is 13.4. The maximum absolute atomic E-state index is 6.15. The van der Waals surface area contributed by atoms with E-state index in [-0.39, 0.29) is 0 Å². The van der Waals surface area contributed by atoms with Gasteiger partial charge in [-0.3, -0.25) is 4.98 Å². The number of halogens is 1. The van der Waals surface area contributed by atoms with Gasteiger partial charge in [-0.15, -0.1) is 0 Å². The third-order valence-electron chi connectivity index (χ3n) is 4.33. The highest BCUT2D eigenvalue weighted by Gasteiger charge is 2.17. The van der Waals surface area contributed by atoms with Gasteiger partial charge in [-0.1, -0.05) is 48.0 Å². The number of hydrogen-bond acceptors (Lipinski definition) is 1. The normalized spacial score (nSPS) is 14.9. The van der Waals surface area contributed by atoms with Crippen molar-refractivity contribution in [3.05, 3.63) is 99.8 Å². The second-order valence-electron chi connectivity index (χ2n) is 5.80. The fourth-order valence-electron chi connectivity index (χ4n) is 3.22. The zero-order chi connectivity index (χ0) is 15.6. The second kappa shape index (κ2) is 6.02. The first-order valence-corrected chi connectivity index (χ1v) is 8.18. The lowest BCUT2D eigenvalue weighted by Crippen LogP contribution is -1.93. The Kier molecular flexibility index (Phi) is 3.72. The van der Waals surface area contributed by atoms with Crippen molar-refractivity contribution in [2.75, 3.05) is 0 Å². The number of rotatable bonds is 1. The van der Waals surface area contributed by atoms with Crippen LogP contribution in [0.25, 0.3) is 11.6 Å². The standard InChI is InChI=1S/C21H16ClN/c22-18-6-3-4-15(12-18)13-20-19-7-2-1-5-16(19)8-9-17-10-11-23-14-21(17)20/h1-7,10-14H,8-9H2/b20-13+. The molecule has 0 unspecified atom stereocenters. The summed E-state index contributed by atoms with van der Waals surface area (Å²) in [5, 5.41) is 0.757. The van der Waals surface area contributed by atoms with E-state index in [2.05, 4.69) is 47.5 Å². The minimum Gasteiger partial charge on any atom is -0.264 e. The summed E-state index contributed by atoms with van der Waals surface area (Å²) in [4.78, 5) is 4.36. The van der Waals surface area contributed by atoms with Gasteiger partial charge in [0.1, 0.15) is 0 Å². The quantitative estimate of drug-likeness (QED) is 0.583. The Bertz CT molecular complexity index is 846. The summed E-state index contributed by atoms with van der Waals surface area (Å²) in [6, 6.07) is 18.7. The maximum Gasteiger partial charge on any atom is 0.0411 e. The van der Waals surface area contributed by atoms with Crippen LogP contribution in [0.2, 0.25) is 5.02 Å². The van der Waals surface area contributed by atoms with Crippen LogP contribution in [-0.2, 0) is 12.8 Å².